The summed E-state index contributed by atoms with van der Waals surface area (Å²) in [6.45, 7) is 18.3. The molecule has 0 atom stereocenters. The van der Waals surface area contributed by atoms with Gasteiger partial charge in [0.25, 0.3) is 0 Å². The van der Waals surface area contributed by atoms with Gasteiger partial charge in [0.15, 0.2) is 0 Å². The molecule has 0 bridgehead atoms. The minimum atomic E-state index is -0.0944. The molecule has 2 aliphatic rings. The largest absolute Gasteiger partial charge is 0.310 e. The van der Waals surface area contributed by atoms with E-state index >= 15 is 0 Å². The molecule has 5 aromatic rings. The van der Waals surface area contributed by atoms with Crippen LogP contribution >= 0.6 is 0 Å². The molecule has 0 spiro atoms. The van der Waals surface area contributed by atoms with Crippen molar-refractivity contribution in [1.29, 1.82) is 0 Å². The molecule has 210 valence electrons. The van der Waals surface area contributed by atoms with Gasteiger partial charge in [0.05, 0.1) is 22.7 Å². The summed E-state index contributed by atoms with van der Waals surface area (Å²) in [5.74, 6) is 0. The quantitative estimate of drug-likeness (QED) is 0.216. The molecule has 2 heterocycles. The second-order valence-corrected chi connectivity index (χ2v) is 13.5. The first-order chi connectivity index (χ1) is 20.0. The molecule has 7 rings (SSSR count). The minimum Gasteiger partial charge on any atom is -0.310 e. The van der Waals surface area contributed by atoms with E-state index in [-0.39, 0.29) is 10.8 Å². The van der Waals surface area contributed by atoms with Crippen molar-refractivity contribution >= 4 is 34.1 Å². The summed E-state index contributed by atoms with van der Waals surface area (Å²) < 4.78 is 0. The third kappa shape index (κ3) is 3.85. The van der Waals surface area contributed by atoms with Crippen LogP contribution in [0.15, 0.2) is 97.1 Å². The molecule has 0 fully saturated rings. The molecule has 2 aliphatic heterocycles. The zero-order chi connectivity index (χ0) is 29.6. The van der Waals surface area contributed by atoms with Crippen molar-refractivity contribution in [1.82, 2.24) is 0 Å². The molecule has 0 saturated carbocycles. The first kappa shape index (κ1) is 26.6. The van der Waals surface area contributed by atoms with Crippen molar-refractivity contribution in [2.24, 2.45) is 0 Å². The lowest BCUT2D eigenvalue weighted by molar-refractivity contribution is 0.630. The average molecular weight is 549 g/mol. The normalized spacial score (nSPS) is 15.9. The average Bonchev–Trinajstić information content (AvgIpc) is 2.95. The SMILES string of the molecule is Cc1ccc2c(c1)C(C)(C)c1cc(C)ccc1N2c1cccc(N2c3ccc(C)cc3C(C)(C)c3cc(C)ccc32)c1. The standard InChI is InChI=1S/C40H40N2/c1-25-12-16-35-31(20-25)39(5,6)32-21-26(2)13-17-36(32)41(35)29-10-9-11-30(24-29)42-37-18-14-27(3)22-33(37)40(7,8)34-23-28(4)15-19-38(34)42/h9-24H,1-8H3. The predicted molar refractivity (Wildman–Crippen MR) is 179 cm³/mol. The number of nitrogens with zero attached hydrogens (tertiary/aromatic N) is 2. The van der Waals surface area contributed by atoms with Gasteiger partial charge in [-0.25, -0.2) is 0 Å². The number of anilines is 6. The van der Waals surface area contributed by atoms with Gasteiger partial charge in [-0.2, -0.15) is 0 Å². The smallest absolute Gasteiger partial charge is 0.0502 e. The summed E-state index contributed by atoms with van der Waals surface area (Å²) in [6, 6.07) is 36.8. The van der Waals surface area contributed by atoms with E-state index in [0.717, 1.165) is 0 Å². The van der Waals surface area contributed by atoms with Gasteiger partial charge in [0.1, 0.15) is 0 Å². The summed E-state index contributed by atoms with van der Waals surface area (Å²) in [5.41, 5.74) is 17.8. The number of hydrogen-bond acceptors (Lipinski definition) is 2. The second kappa shape index (κ2) is 9.10. The van der Waals surface area contributed by atoms with Gasteiger partial charge in [-0.3, -0.25) is 0 Å². The van der Waals surface area contributed by atoms with Gasteiger partial charge in [-0.15, -0.1) is 0 Å². The lowest BCUT2D eigenvalue weighted by Gasteiger charge is -2.44. The fraction of sp³-hybridized carbons (Fsp3) is 0.250. The van der Waals surface area contributed by atoms with Crippen molar-refractivity contribution in [3.05, 3.63) is 142 Å². The molecule has 0 unspecified atom stereocenters. The van der Waals surface area contributed by atoms with Crippen LogP contribution in [0.25, 0.3) is 0 Å². The molecule has 42 heavy (non-hydrogen) atoms. The zero-order valence-electron chi connectivity index (χ0n) is 26.1. The predicted octanol–water partition coefficient (Wildman–Crippen LogP) is 11.1. The molecule has 0 aliphatic carbocycles. The zero-order valence-corrected chi connectivity index (χ0v) is 26.1. The van der Waals surface area contributed by atoms with E-state index in [1.54, 1.807) is 0 Å². The maximum atomic E-state index is 2.47. The van der Waals surface area contributed by atoms with Crippen LogP contribution in [-0.2, 0) is 10.8 Å². The Morgan fingerprint density at radius 3 is 0.952 bits per heavy atom. The highest BCUT2D eigenvalue weighted by atomic mass is 15.2. The van der Waals surface area contributed by atoms with Crippen molar-refractivity contribution in [2.45, 2.75) is 66.2 Å². The maximum absolute atomic E-state index is 2.47. The molecule has 0 amide bonds. The van der Waals surface area contributed by atoms with Crippen LogP contribution in [0.2, 0.25) is 0 Å². The van der Waals surface area contributed by atoms with Gasteiger partial charge in [0, 0.05) is 22.2 Å². The van der Waals surface area contributed by atoms with Gasteiger partial charge in [-0.05, 0) is 92.4 Å². The Labute approximate surface area is 251 Å². The first-order valence-corrected chi connectivity index (χ1v) is 15.1. The highest BCUT2D eigenvalue weighted by molar-refractivity contribution is 5.91. The van der Waals surface area contributed by atoms with Crippen LogP contribution in [0.5, 0.6) is 0 Å². The first-order valence-electron chi connectivity index (χ1n) is 15.1. The van der Waals surface area contributed by atoms with Crippen molar-refractivity contribution in [3.8, 4) is 0 Å². The van der Waals surface area contributed by atoms with Crippen LogP contribution < -0.4 is 9.80 Å². The third-order valence-corrected chi connectivity index (χ3v) is 9.61. The van der Waals surface area contributed by atoms with E-state index in [1.165, 1.54) is 78.6 Å². The highest BCUT2D eigenvalue weighted by Crippen LogP contribution is 2.55. The van der Waals surface area contributed by atoms with E-state index in [9.17, 15) is 0 Å². The fourth-order valence-electron chi connectivity index (χ4n) is 7.26. The number of rotatable bonds is 2. The summed E-state index contributed by atoms with van der Waals surface area (Å²) in [7, 11) is 0. The van der Waals surface area contributed by atoms with Crippen molar-refractivity contribution in [3.63, 3.8) is 0 Å². The number of aryl methyl sites for hydroxylation is 4. The molecular weight excluding hydrogens is 508 g/mol. The molecule has 2 nitrogen and oxygen atoms in total. The van der Waals surface area contributed by atoms with E-state index < -0.39 is 0 Å². The molecule has 5 aromatic carbocycles. The number of benzene rings is 5. The van der Waals surface area contributed by atoms with Crippen LogP contribution in [0.4, 0.5) is 34.1 Å². The highest BCUT2D eigenvalue weighted by Gasteiger charge is 2.39. The summed E-state index contributed by atoms with van der Waals surface area (Å²) in [5, 5.41) is 0. The number of hydrogen-bond donors (Lipinski definition) is 0. The summed E-state index contributed by atoms with van der Waals surface area (Å²) >= 11 is 0. The van der Waals surface area contributed by atoms with Gasteiger partial charge >= 0.3 is 0 Å². The Balaban J connectivity index is 1.46. The molecule has 0 radical (unpaired) electrons. The Kier molecular flexibility index (Phi) is 5.76. The number of fused-ring (bicyclic) bond motifs is 4. The van der Waals surface area contributed by atoms with E-state index in [2.05, 4.69) is 162 Å². The Morgan fingerprint density at radius 1 is 0.381 bits per heavy atom. The van der Waals surface area contributed by atoms with Crippen LogP contribution in [-0.4, -0.2) is 0 Å². The van der Waals surface area contributed by atoms with Crippen LogP contribution in [0.1, 0.15) is 72.2 Å². The Bertz CT molecular complexity index is 1650. The lowest BCUT2D eigenvalue weighted by atomic mass is 9.72. The van der Waals surface area contributed by atoms with E-state index in [0.29, 0.717) is 0 Å². The van der Waals surface area contributed by atoms with Crippen molar-refractivity contribution < 1.29 is 0 Å². The minimum absolute atomic E-state index is 0.0944. The van der Waals surface area contributed by atoms with Crippen LogP contribution in [0, 0.1) is 27.7 Å². The van der Waals surface area contributed by atoms with Gasteiger partial charge in [-0.1, -0.05) is 105 Å². The van der Waals surface area contributed by atoms with E-state index in [1.807, 2.05) is 0 Å². The second-order valence-electron chi connectivity index (χ2n) is 13.5. The van der Waals surface area contributed by atoms with Crippen LogP contribution in [0.3, 0.4) is 0 Å². The molecule has 0 saturated heterocycles. The molecular formula is C40H40N2. The Hall–Kier alpha value is -4.30. The summed E-state index contributed by atoms with van der Waals surface area (Å²) in [4.78, 5) is 4.94. The molecule has 0 N–H and O–H groups in total. The van der Waals surface area contributed by atoms with Crippen molar-refractivity contribution in [2.75, 3.05) is 9.80 Å². The van der Waals surface area contributed by atoms with Gasteiger partial charge in [0.2, 0.25) is 0 Å². The molecule has 2 heteroatoms. The monoisotopic (exact) mass is 548 g/mol. The van der Waals surface area contributed by atoms with Gasteiger partial charge < -0.3 is 9.80 Å². The maximum Gasteiger partial charge on any atom is 0.0502 e. The Morgan fingerprint density at radius 2 is 0.667 bits per heavy atom. The molecule has 0 aromatic heterocycles. The summed E-state index contributed by atoms with van der Waals surface area (Å²) in [6.07, 6.45) is 0. The fourth-order valence-corrected chi connectivity index (χ4v) is 7.26. The van der Waals surface area contributed by atoms with E-state index in [4.69, 9.17) is 0 Å². The third-order valence-electron chi connectivity index (χ3n) is 9.61. The lowest BCUT2D eigenvalue weighted by Crippen LogP contribution is -2.31. The topological polar surface area (TPSA) is 6.48 Å².